The lowest BCUT2D eigenvalue weighted by atomic mass is 10.1. The first-order chi connectivity index (χ1) is 14.1. The molecule has 1 amide bonds. The molecular weight excluding hydrogens is 374 g/mol. The van der Waals surface area contributed by atoms with Gasteiger partial charge in [0.25, 0.3) is 0 Å². The van der Waals surface area contributed by atoms with Crippen molar-refractivity contribution < 1.29 is 28.5 Å². The molecule has 7 heteroatoms. The van der Waals surface area contributed by atoms with Crippen molar-refractivity contribution in [3.63, 3.8) is 0 Å². The molecule has 164 valence electrons. The van der Waals surface area contributed by atoms with E-state index < -0.39 is 0 Å². The molecule has 0 aliphatic rings. The number of amides is 1. The molecule has 0 heterocycles. The Balaban J connectivity index is 1.88. The van der Waals surface area contributed by atoms with Crippen molar-refractivity contribution in [1.82, 2.24) is 0 Å². The monoisotopic (exact) mass is 409 g/mol. The van der Waals surface area contributed by atoms with Gasteiger partial charge in [0.2, 0.25) is 5.91 Å². The smallest absolute Gasteiger partial charge is 0.305 e. The molecule has 1 aromatic rings. The van der Waals surface area contributed by atoms with Crippen LogP contribution in [0.25, 0.3) is 0 Å². The SMILES string of the molecule is CCCCCCCC(=O)OCCOCCOCCOc1ccc(NC(C)=O)cc1. The number of carbonyl (C=O) groups excluding carboxylic acids is 2. The minimum atomic E-state index is -0.149. The first-order valence-electron chi connectivity index (χ1n) is 10.4. The minimum absolute atomic E-state index is 0.106. The molecule has 0 atom stereocenters. The Bertz CT molecular complexity index is 561. The zero-order chi connectivity index (χ0) is 21.2. The largest absolute Gasteiger partial charge is 0.491 e. The van der Waals surface area contributed by atoms with Crippen LogP contribution in [0, 0.1) is 0 Å². The van der Waals surface area contributed by atoms with Crippen LogP contribution < -0.4 is 10.1 Å². The third-order valence-electron chi connectivity index (χ3n) is 4.02. The summed E-state index contributed by atoms with van der Waals surface area (Å²) < 4.78 is 21.5. The van der Waals surface area contributed by atoms with Crippen LogP contribution in [0.3, 0.4) is 0 Å². The van der Waals surface area contributed by atoms with Crippen LogP contribution >= 0.6 is 0 Å². The fourth-order valence-electron chi connectivity index (χ4n) is 2.54. The number of carbonyl (C=O) groups is 2. The van der Waals surface area contributed by atoms with Crippen LogP contribution in [-0.4, -0.2) is 51.5 Å². The number of anilines is 1. The van der Waals surface area contributed by atoms with Gasteiger partial charge in [-0.2, -0.15) is 0 Å². The zero-order valence-corrected chi connectivity index (χ0v) is 17.7. The quantitative estimate of drug-likeness (QED) is 0.310. The predicted molar refractivity (Wildman–Crippen MR) is 112 cm³/mol. The topological polar surface area (TPSA) is 83.1 Å². The summed E-state index contributed by atoms with van der Waals surface area (Å²) in [5.74, 6) is 0.458. The standard InChI is InChI=1S/C22H35NO6/c1-3-4-5-6-7-8-22(25)29-18-16-27-14-13-26-15-17-28-21-11-9-20(10-12-21)23-19(2)24/h9-12H,3-8,13-18H2,1-2H3,(H,23,24). The lowest BCUT2D eigenvalue weighted by Gasteiger charge is -2.09. The number of hydrogen-bond acceptors (Lipinski definition) is 6. The fraction of sp³-hybridized carbons (Fsp3) is 0.636. The average Bonchev–Trinajstić information content (AvgIpc) is 2.70. The zero-order valence-electron chi connectivity index (χ0n) is 17.7. The second kappa shape index (κ2) is 16.8. The third-order valence-corrected chi connectivity index (χ3v) is 4.02. The molecule has 0 aliphatic heterocycles. The molecule has 1 aromatic carbocycles. The van der Waals surface area contributed by atoms with E-state index in [-0.39, 0.29) is 18.5 Å². The highest BCUT2D eigenvalue weighted by Crippen LogP contribution is 2.15. The molecular formula is C22H35NO6. The molecule has 0 bridgehead atoms. The van der Waals surface area contributed by atoms with Gasteiger partial charge in [-0.25, -0.2) is 0 Å². The van der Waals surface area contributed by atoms with Gasteiger partial charge in [0.15, 0.2) is 0 Å². The summed E-state index contributed by atoms with van der Waals surface area (Å²) in [6, 6.07) is 7.15. The second-order valence-corrected chi connectivity index (χ2v) is 6.66. The van der Waals surface area contributed by atoms with Crippen LogP contribution in [0.15, 0.2) is 24.3 Å². The Hall–Kier alpha value is -2.12. The summed E-state index contributed by atoms with van der Waals surface area (Å²) >= 11 is 0. The Kier molecular flexibility index (Phi) is 14.4. The first kappa shape index (κ1) is 24.9. The van der Waals surface area contributed by atoms with Crippen LogP contribution in [0.4, 0.5) is 5.69 Å². The summed E-state index contributed by atoms with van der Waals surface area (Å²) in [5, 5.41) is 2.70. The van der Waals surface area contributed by atoms with Crippen LogP contribution in [-0.2, 0) is 23.8 Å². The van der Waals surface area contributed by atoms with Crippen molar-refractivity contribution >= 4 is 17.6 Å². The maximum atomic E-state index is 11.5. The molecule has 0 aliphatic carbocycles. The number of unbranched alkanes of at least 4 members (excludes halogenated alkanes) is 4. The minimum Gasteiger partial charge on any atom is -0.491 e. The molecule has 0 spiro atoms. The van der Waals surface area contributed by atoms with Gasteiger partial charge in [-0.05, 0) is 30.7 Å². The van der Waals surface area contributed by atoms with Gasteiger partial charge in [0.1, 0.15) is 19.0 Å². The Morgan fingerprint density at radius 2 is 1.45 bits per heavy atom. The molecule has 0 fully saturated rings. The molecule has 1 N–H and O–H groups in total. The second-order valence-electron chi connectivity index (χ2n) is 6.66. The van der Waals surface area contributed by atoms with Gasteiger partial charge < -0.3 is 24.3 Å². The Morgan fingerprint density at radius 1 is 0.828 bits per heavy atom. The molecule has 1 rings (SSSR count). The van der Waals surface area contributed by atoms with Gasteiger partial charge in [0.05, 0.1) is 26.4 Å². The normalized spacial score (nSPS) is 10.6. The van der Waals surface area contributed by atoms with E-state index in [2.05, 4.69) is 12.2 Å². The lowest BCUT2D eigenvalue weighted by molar-refractivity contribution is -0.145. The maximum Gasteiger partial charge on any atom is 0.305 e. The van der Waals surface area contributed by atoms with Crippen LogP contribution in [0.2, 0.25) is 0 Å². The van der Waals surface area contributed by atoms with E-state index in [0.717, 1.165) is 18.5 Å². The molecule has 7 nitrogen and oxygen atoms in total. The van der Waals surface area contributed by atoms with Crippen LogP contribution in [0.1, 0.15) is 52.4 Å². The summed E-state index contributed by atoms with van der Waals surface area (Å²) in [7, 11) is 0. The number of esters is 1. The van der Waals surface area contributed by atoms with Crippen molar-refractivity contribution in [2.24, 2.45) is 0 Å². The number of ether oxygens (including phenoxy) is 4. The highest BCUT2D eigenvalue weighted by Gasteiger charge is 2.02. The van der Waals surface area contributed by atoms with E-state index in [4.69, 9.17) is 18.9 Å². The number of rotatable bonds is 17. The van der Waals surface area contributed by atoms with Crippen molar-refractivity contribution in [2.75, 3.05) is 45.0 Å². The molecule has 0 saturated carbocycles. The summed E-state index contributed by atoms with van der Waals surface area (Å²) in [4.78, 5) is 22.5. The van der Waals surface area contributed by atoms with Gasteiger partial charge in [-0.15, -0.1) is 0 Å². The highest BCUT2D eigenvalue weighted by atomic mass is 16.6. The van der Waals surface area contributed by atoms with Gasteiger partial charge in [0, 0.05) is 19.0 Å². The summed E-state index contributed by atoms with van der Waals surface area (Å²) in [5.41, 5.74) is 0.732. The molecule has 0 saturated heterocycles. The first-order valence-corrected chi connectivity index (χ1v) is 10.4. The van der Waals surface area contributed by atoms with Gasteiger partial charge in [-0.3, -0.25) is 9.59 Å². The molecule has 29 heavy (non-hydrogen) atoms. The van der Waals surface area contributed by atoms with Gasteiger partial charge >= 0.3 is 5.97 Å². The average molecular weight is 410 g/mol. The van der Waals surface area contributed by atoms with Crippen molar-refractivity contribution in [3.05, 3.63) is 24.3 Å². The molecule has 0 unspecified atom stereocenters. The van der Waals surface area contributed by atoms with E-state index in [0.29, 0.717) is 45.2 Å². The summed E-state index contributed by atoms with van der Waals surface area (Å²) in [6.45, 7) is 6.07. The predicted octanol–water partition coefficient (Wildman–Crippen LogP) is 3.96. The fourth-order valence-corrected chi connectivity index (χ4v) is 2.54. The van der Waals surface area contributed by atoms with Crippen LogP contribution in [0.5, 0.6) is 5.75 Å². The maximum absolute atomic E-state index is 11.5. The number of benzene rings is 1. The van der Waals surface area contributed by atoms with Crippen molar-refractivity contribution in [3.8, 4) is 5.75 Å². The van der Waals surface area contributed by atoms with E-state index >= 15 is 0 Å². The molecule has 0 aromatic heterocycles. The van der Waals surface area contributed by atoms with E-state index in [9.17, 15) is 9.59 Å². The van der Waals surface area contributed by atoms with Gasteiger partial charge in [-0.1, -0.05) is 32.6 Å². The lowest BCUT2D eigenvalue weighted by Crippen LogP contribution is -2.14. The molecule has 0 radical (unpaired) electrons. The number of nitrogens with one attached hydrogen (secondary N) is 1. The van der Waals surface area contributed by atoms with E-state index in [1.807, 2.05) is 0 Å². The van der Waals surface area contributed by atoms with Crippen molar-refractivity contribution in [1.29, 1.82) is 0 Å². The highest BCUT2D eigenvalue weighted by molar-refractivity contribution is 5.88. The van der Waals surface area contributed by atoms with Crippen molar-refractivity contribution in [2.45, 2.75) is 52.4 Å². The van der Waals surface area contributed by atoms with E-state index in [1.165, 1.54) is 26.2 Å². The Morgan fingerprint density at radius 3 is 2.10 bits per heavy atom. The van der Waals surface area contributed by atoms with E-state index in [1.54, 1.807) is 24.3 Å². The number of hydrogen-bond donors (Lipinski definition) is 1. The summed E-state index contributed by atoms with van der Waals surface area (Å²) in [6.07, 6.45) is 6.08. The third kappa shape index (κ3) is 14.5. The Labute approximate surface area is 174 Å².